The van der Waals surface area contributed by atoms with Crippen LogP contribution in [0.4, 0.5) is 8.78 Å². The van der Waals surface area contributed by atoms with Crippen LogP contribution in [-0.2, 0) is 9.53 Å². The molecule has 1 aromatic rings. The molecule has 0 aliphatic carbocycles. The Balaban J connectivity index is 0.00000441. The van der Waals surface area contributed by atoms with Crippen molar-refractivity contribution in [1.82, 2.24) is 0 Å². The summed E-state index contributed by atoms with van der Waals surface area (Å²) >= 11 is 1.43. The Labute approximate surface area is 140 Å². The monoisotopic (exact) mass is 353 g/mol. The van der Waals surface area contributed by atoms with Crippen molar-refractivity contribution in [3.05, 3.63) is 29.8 Å². The van der Waals surface area contributed by atoms with E-state index in [1.807, 2.05) is 20.8 Å². The van der Waals surface area contributed by atoms with Gasteiger partial charge in [0, 0.05) is 9.64 Å². The van der Waals surface area contributed by atoms with Gasteiger partial charge in [0.1, 0.15) is 6.04 Å². The molecule has 0 unspecified atom stereocenters. The lowest BCUT2D eigenvalue weighted by molar-refractivity contribution is -0.174. The second-order valence-corrected chi connectivity index (χ2v) is 7.44. The highest BCUT2D eigenvalue weighted by Gasteiger charge is 2.48. The molecular weight excluding hydrogens is 332 g/mol. The minimum Gasteiger partial charge on any atom is -0.462 e. The van der Waals surface area contributed by atoms with Crippen molar-refractivity contribution in [1.29, 1.82) is 0 Å². The number of halogens is 3. The summed E-state index contributed by atoms with van der Waals surface area (Å²) in [6.07, 6.45) is 0. The minimum atomic E-state index is -3.76. The summed E-state index contributed by atoms with van der Waals surface area (Å²) in [6, 6.07) is 4.90. The minimum absolute atomic E-state index is 0. The molecule has 1 aromatic carbocycles. The number of benzene rings is 1. The zero-order valence-corrected chi connectivity index (χ0v) is 14.7. The van der Waals surface area contributed by atoms with Crippen molar-refractivity contribution in [3.8, 4) is 0 Å². The van der Waals surface area contributed by atoms with Gasteiger partial charge in [-0.3, -0.25) is 0 Å². The molecule has 0 saturated heterocycles. The molecule has 1 rings (SSSR count). The van der Waals surface area contributed by atoms with Gasteiger partial charge in [0.25, 0.3) is 0 Å². The maximum atomic E-state index is 14.1. The number of ether oxygens (including phenoxy) is 1. The molecule has 0 saturated carbocycles. The van der Waals surface area contributed by atoms with E-state index in [0.717, 1.165) is 0 Å². The van der Waals surface area contributed by atoms with E-state index in [0.29, 0.717) is 4.90 Å². The van der Waals surface area contributed by atoms with E-state index in [1.54, 1.807) is 18.2 Å². The molecule has 0 fully saturated rings. The summed E-state index contributed by atoms with van der Waals surface area (Å²) in [4.78, 5) is 12.1. The van der Waals surface area contributed by atoms with Gasteiger partial charge in [0.15, 0.2) is 0 Å². The lowest BCUT2D eigenvalue weighted by Gasteiger charge is -2.26. The second-order valence-electron chi connectivity index (χ2n) is 5.57. The van der Waals surface area contributed by atoms with Crippen LogP contribution in [0.25, 0.3) is 0 Å². The van der Waals surface area contributed by atoms with Gasteiger partial charge in [0.2, 0.25) is 0 Å². The van der Waals surface area contributed by atoms with Gasteiger partial charge in [-0.25, -0.2) is 4.79 Å². The first kappa shape index (κ1) is 21.1. The predicted octanol–water partition coefficient (Wildman–Crippen LogP) is 4.20. The summed E-state index contributed by atoms with van der Waals surface area (Å²) in [5.74, 6) is -5.35. The SMILES string of the molecule is CCOC(=O)C(F)(F)[C@H](N)c1ccccc1SC(C)(C)C.Cl. The summed E-state index contributed by atoms with van der Waals surface area (Å²) in [5.41, 5.74) is 5.91. The van der Waals surface area contributed by atoms with E-state index in [1.165, 1.54) is 24.8 Å². The van der Waals surface area contributed by atoms with Gasteiger partial charge in [0.05, 0.1) is 6.61 Å². The Morgan fingerprint density at radius 2 is 1.86 bits per heavy atom. The average Bonchev–Trinajstić information content (AvgIpc) is 2.37. The van der Waals surface area contributed by atoms with Crippen LogP contribution in [0.1, 0.15) is 39.3 Å². The number of nitrogens with two attached hydrogens (primary N) is 1. The number of esters is 1. The maximum Gasteiger partial charge on any atom is 0.379 e. The molecule has 1 atom stereocenters. The first-order chi connectivity index (χ1) is 9.59. The molecule has 2 N–H and O–H groups in total. The average molecular weight is 354 g/mol. The Morgan fingerprint density at radius 3 is 2.36 bits per heavy atom. The number of rotatable bonds is 5. The van der Waals surface area contributed by atoms with Crippen LogP contribution in [0.15, 0.2) is 29.2 Å². The molecule has 0 aromatic heterocycles. The van der Waals surface area contributed by atoms with E-state index < -0.39 is 17.9 Å². The maximum absolute atomic E-state index is 14.1. The molecule has 0 bridgehead atoms. The van der Waals surface area contributed by atoms with Crippen LogP contribution >= 0.6 is 24.2 Å². The number of hydrogen-bond acceptors (Lipinski definition) is 4. The van der Waals surface area contributed by atoms with Crippen molar-refractivity contribution in [2.75, 3.05) is 6.61 Å². The van der Waals surface area contributed by atoms with E-state index in [2.05, 4.69) is 4.74 Å². The zero-order valence-electron chi connectivity index (χ0n) is 13.1. The fraction of sp³-hybridized carbons (Fsp3) is 0.533. The predicted molar refractivity (Wildman–Crippen MR) is 87.8 cm³/mol. The van der Waals surface area contributed by atoms with Crippen molar-refractivity contribution >= 4 is 30.1 Å². The number of thioether (sulfide) groups is 1. The highest BCUT2D eigenvalue weighted by Crippen LogP contribution is 2.40. The van der Waals surface area contributed by atoms with Crippen molar-refractivity contribution in [2.45, 2.75) is 49.3 Å². The normalized spacial score (nSPS) is 13.2. The van der Waals surface area contributed by atoms with E-state index in [-0.39, 0.29) is 29.3 Å². The van der Waals surface area contributed by atoms with Crippen molar-refractivity contribution in [3.63, 3.8) is 0 Å². The second kappa shape index (κ2) is 8.13. The fourth-order valence-corrected chi connectivity index (χ4v) is 2.83. The standard InChI is InChI=1S/C15H21F2NO2S.ClH/c1-5-20-13(19)15(16,17)12(18)10-8-6-7-9-11(10)21-14(2,3)4;/h6-9,12H,5,18H2,1-4H3;1H/t12-;/m1./s1. The third-order valence-electron chi connectivity index (χ3n) is 2.61. The summed E-state index contributed by atoms with van der Waals surface area (Å²) < 4.78 is 32.4. The van der Waals surface area contributed by atoms with Gasteiger partial charge in [-0.2, -0.15) is 8.78 Å². The molecule has 3 nitrogen and oxygen atoms in total. The molecule has 0 aliphatic rings. The topological polar surface area (TPSA) is 52.3 Å². The molecule has 0 heterocycles. The first-order valence-electron chi connectivity index (χ1n) is 6.68. The highest BCUT2D eigenvalue weighted by molar-refractivity contribution is 8.00. The Kier molecular flexibility index (Phi) is 7.81. The Hall–Kier alpha value is -0.850. The van der Waals surface area contributed by atoms with Crippen molar-refractivity contribution in [2.24, 2.45) is 5.73 Å². The third-order valence-corrected chi connectivity index (χ3v) is 3.81. The lowest BCUT2D eigenvalue weighted by atomic mass is 10.0. The van der Waals surface area contributed by atoms with Gasteiger partial charge < -0.3 is 10.5 Å². The fourth-order valence-electron chi connectivity index (χ4n) is 1.71. The highest BCUT2D eigenvalue weighted by atomic mass is 35.5. The van der Waals surface area contributed by atoms with Gasteiger partial charge >= 0.3 is 11.9 Å². The molecule has 0 amide bonds. The quantitative estimate of drug-likeness (QED) is 0.636. The zero-order chi connectivity index (χ0) is 16.3. The lowest BCUT2D eigenvalue weighted by Crippen LogP contribution is -2.42. The Bertz CT molecular complexity index is 507. The van der Waals surface area contributed by atoms with Crippen LogP contribution in [0.3, 0.4) is 0 Å². The van der Waals surface area contributed by atoms with E-state index in [9.17, 15) is 13.6 Å². The van der Waals surface area contributed by atoms with Crippen LogP contribution in [0.2, 0.25) is 0 Å². The van der Waals surface area contributed by atoms with E-state index in [4.69, 9.17) is 5.73 Å². The molecule has 0 radical (unpaired) electrons. The van der Waals surface area contributed by atoms with Gasteiger partial charge in [-0.05, 0) is 18.6 Å². The molecule has 0 aliphatic heterocycles. The Morgan fingerprint density at radius 1 is 1.32 bits per heavy atom. The molecule has 7 heteroatoms. The van der Waals surface area contributed by atoms with Crippen LogP contribution in [-0.4, -0.2) is 23.2 Å². The summed E-state index contributed by atoms with van der Waals surface area (Å²) in [6.45, 7) is 7.29. The number of carbonyl (C=O) groups is 1. The molecule has 0 spiro atoms. The van der Waals surface area contributed by atoms with Crippen LogP contribution in [0, 0.1) is 0 Å². The van der Waals surface area contributed by atoms with Gasteiger partial charge in [-0.1, -0.05) is 39.0 Å². The largest absolute Gasteiger partial charge is 0.462 e. The first-order valence-corrected chi connectivity index (χ1v) is 7.49. The molecule has 126 valence electrons. The molecular formula is C15H22ClF2NO2S. The third kappa shape index (κ3) is 5.41. The van der Waals surface area contributed by atoms with E-state index >= 15 is 0 Å². The summed E-state index contributed by atoms with van der Waals surface area (Å²) in [7, 11) is 0. The van der Waals surface area contributed by atoms with Crippen LogP contribution < -0.4 is 5.73 Å². The summed E-state index contributed by atoms with van der Waals surface area (Å²) in [5, 5.41) is 0. The van der Waals surface area contributed by atoms with Crippen molar-refractivity contribution < 1.29 is 18.3 Å². The smallest absolute Gasteiger partial charge is 0.379 e. The number of alkyl halides is 2. The molecule has 22 heavy (non-hydrogen) atoms. The number of carbonyl (C=O) groups excluding carboxylic acids is 1. The van der Waals surface area contributed by atoms with Crippen LogP contribution in [0.5, 0.6) is 0 Å². The number of hydrogen-bond donors (Lipinski definition) is 1. The van der Waals surface area contributed by atoms with Gasteiger partial charge in [-0.15, -0.1) is 24.2 Å².